The molecule has 0 atom stereocenters. The van der Waals surface area contributed by atoms with Crippen LogP contribution in [0.2, 0.25) is 0 Å². The van der Waals surface area contributed by atoms with Crippen molar-refractivity contribution in [3.63, 3.8) is 0 Å². The lowest BCUT2D eigenvalue weighted by atomic mass is 9.97. The summed E-state index contributed by atoms with van der Waals surface area (Å²) in [6.45, 7) is 0. The van der Waals surface area contributed by atoms with Gasteiger partial charge in [-0.15, -0.1) is 11.6 Å². The normalized spacial score (nSPS) is 9.71. The Morgan fingerprint density at radius 1 is 0.824 bits per heavy atom. The molecule has 0 aromatic heterocycles. The molecule has 0 fully saturated rings. The summed E-state index contributed by atoms with van der Waals surface area (Å²) in [4.78, 5) is 0. The maximum Gasteiger partial charge on any atom is 0.0226 e. The van der Waals surface area contributed by atoms with Crippen LogP contribution in [0.3, 0.4) is 0 Å². The molecule has 0 bridgehead atoms. The molecule has 0 saturated heterocycles. The lowest BCUT2D eigenvalue weighted by Crippen LogP contribution is -1.90. The SMILES string of the molecule is ClCCCc1ccccc1-c1ccccc1.S. The average molecular weight is 265 g/mol. The van der Waals surface area contributed by atoms with Crippen molar-refractivity contribution < 1.29 is 0 Å². The van der Waals surface area contributed by atoms with E-state index >= 15 is 0 Å². The molecule has 0 unspecified atom stereocenters. The summed E-state index contributed by atoms with van der Waals surface area (Å²) < 4.78 is 0. The van der Waals surface area contributed by atoms with Gasteiger partial charge < -0.3 is 0 Å². The van der Waals surface area contributed by atoms with Crippen LogP contribution in [0.4, 0.5) is 0 Å². The molecule has 17 heavy (non-hydrogen) atoms. The van der Waals surface area contributed by atoms with Crippen molar-refractivity contribution in [1.82, 2.24) is 0 Å². The maximum atomic E-state index is 5.75. The summed E-state index contributed by atoms with van der Waals surface area (Å²) in [7, 11) is 0. The van der Waals surface area contributed by atoms with Crippen LogP contribution in [0.25, 0.3) is 11.1 Å². The Kier molecular flexibility index (Phi) is 6.17. The van der Waals surface area contributed by atoms with Gasteiger partial charge in [-0.1, -0.05) is 54.6 Å². The van der Waals surface area contributed by atoms with Crippen molar-refractivity contribution in [3.8, 4) is 11.1 Å². The Balaban J connectivity index is 0.00000144. The molecule has 2 aromatic rings. The fourth-order valence-electron chi connectivity index (χ4n) is 1.89. The van der Waals surface area contributed by atoms with Crippen LogP contribution in [-0.4, -0.2) is 5.88 Å². The molecule has 0 aliphatic heterocycles. The van der Waals surface area contributed by atoms with E-state index < -0.39 is 0 Å². The molecule has 90 valence electrons. The smallest absolute Gasteiger partial charge is 0.0226 e. The number of benzene rings is 2. The number of alkyl halides is 1. The third-order valence-corrected chi connectivity index (χ3v) is 2.95. The highest BCUT2D eigenvalue weighted by Crippen LogP contribution is 2.24. The van der Waals surface area contributed by atoms with Crippen LogP contribution in [0.15, 0.2) is 54.6 Å². The predicted molar refractivity (Wildman–Crippen MR) is 81.3 cm³/mol. The van der Waals surface area contributed by atoms with Crippen molar-refractivity contribution in [2.24, 2.45) is 0 Å². The summed E-state index contributed by atoms with van der Waals surface area (Å²) in [5.74, 6) is 0.725. The maximum absolute atomic E-state index is 5.75. The molecule has 0 N–H and O–H groups in total. The topological polar surface area (TPSA) is 0 Å². The minimum Gasteiger partial charge on any atom is -0.197 e. The summed E-state index contributed by atoms with van der Waals surface area (Å²) in [6.07, 6.45) is 2.08. The number of rotatable bonds is 4. The predicted octanol–water partition coefficient (Wildman–Crippen LogP) is 4.64. The molecule has 0 nitrogen and oxygen atoms in total. The molecule has 0 amide bonds. The van der Waals surface area contributed by atoms with Gasteiger partial charge in [-0.25, -0.2) is 0 Å². The zero-order valence-electron chi connectivity index (χ0n) is 9.70. The van der Waals surface area contributed by atoms with E-state index in [0.29, 0.717) is 0 Å². The molecule has 2 aromatic carbocycles. The lowest BCUT2D eigenvalue weighted by Gasteiger charge is -2.08. The van der Waals surface area contributed by atoms with Gasteiger partial charge in [0.25, 0.3) is 0 Å². The first-order chi connectivity index (χ1) is 7.92. The fourth-order valence-corrected chi connectivity index (χ4v) is 2.03. The Hall–Kier alpha value is -0.920. The number of hydrogen-bond acceptors (Lipinski definition) is 0. The Labute approximate surface area is 115 Å². The van der Waals surface area contributed by atoms with E-state index in [0.717, 1.165) is 18.7 Å². The highest BCUT2D eigenvalue weighted by atomic mass is 35.5. The quantitative estimate of drug-likeness (QED) is 0.706. The van der Waals surface area contributed by atoms with Gasteiger partial charge in [0.15, 0.2) is 0 Å². The van der Waals surface area contributed by atoms with E-state index in [2.05, 4.69) is 48.5 Å². The average Bonchev–Trinajstić information content (AvgIpc) is 2.38. The Morgan fingerprint density at radius 3 is 2.18 bits per heavy atom. The number of hydrogen-bond donors (Lipinski definition) is 0. The summed E-state index contributed by atoms with van der Waals surface area (Å²) in [6, 6.07) is 19.1. The van der Waals surface area contributed by atoms with Crippen LogP contribution >= 0.6 is 25.1 Å². The van der Waals surface area contributed by atoms with E-state index in [-0.39, 0.29) is 13.5 Å². The minimum absolute atomic E-state index is 0. The second-order valence-corrected chi connectivity index (χ2v) is 4.19. The van der Waals surface area contributed by atoms with Gasteiger partial charge in [0.05, 0.1) is 0 Å². The molecular formula is C15H17ClS. The van der Waals surface area contributed by atoms with Crippen LogP contribution in [0.5, 0.6) is 0 Å². The van der Waals surface area contributed by atoms with Gasteiger partial charge >= 0.3 is 0 Å². The van der Waals surface area contributed by atoms with Crippen molar-refractivity contribution >= 4 is 25.1 Å². The Bertz CT molecular complexity index is 440. The molecule has 0 spiro atoms. The third kappa shape index (κ3) is 3.79. The second kappa shape index (κ2) is 7.41. The first-order valence-electron chi connectivity index (χ1n) is 5.61. The molecule has 0 aliphatic rings. The van der Waals surface area contributed by atoms with Crippen LogP contribution in [0, 0.1) is 0 Å². The zero-order valence-corrected chi connectivity index (χ0v) is 11.5. The molecule has 0 saturated carbocycles. The number of halogens is 1. The molecule has 0 radical (unpaired) electrons. The van der Waals surface area contributed by atoms with Crippen molar-refractivity contribution in [1.29, 1.82) is 0 Å². The highest BCUT2D eigenvalue weighted by molar-refractivity contribution is 7.59. The third-order valence-electron chi connectivity index (χ3n) is 2.68. The van der Waals surface area contributed by atoms with Gasteiger partial charge in [-0.2, -0.15) is 13.5 Å². The molecule has 2 rings (SSSR count). The number of aryl methyl sites for hydroxylation is 1. The van der Waals surface area contributed by atoms with Gasteiger partial charge in [-0.05, 0) is 29.5 Å². The van der Waals surface area contributed by atoms with E-state index in [9.17, 15) is 0 Å². The summed E-state index contributed by atoms with van der Waals surface area (Å²) in [5, 5.41) is 0. The minimum atomic E-state index is 0. The van der Waals surface area contributed by atoms with Crippen molar-refractivity contribution in [2.75, 3.05) is 5.88 Å². The van der Waals surface area contributed by atoms with E-state index in [4.69, 9.17) is 11.6 Å². The fraction of sp³-hybridized carbons (Fsp3) is 0.200. The van der Waals surface area contributed by atoms with Crippen molar-refractivity contribution in [3.05, 3.63) is 60.2 Å². The van der Waals surface area contributed by atoms with Gasteiger partial charge in [0, 0.05) is 5.88 Å². The largest absolute Gasteiger partial charge is 0.197 e. The molecule has 0 heterocycles. The monoisotopic (exact) mass is 264 g/mol. The van der Waals surface area contributed by atoms with Gasteiger partial charge in [0.2, 0.25) is 0 Å². The molecule has 0 aliphatic carbocycles. The van der Waals surface area contributed by atoms with E-state index in [1.165, 1.54) is 16.7 Å². The van der Waals surface area contributed by atoms with E-state index in [1.807, 2.05) is 6.07 Å². The van der Waals surface area contributed by atoms with Crippen molar-refractivity contribution in [2.45, 2.75) is 12.8 Å². The van der Waals surface area contributed by atoms with Crippen LogP contribution in [0.1, 0.15) is 12.0 Å². The first-order valence-corrected chi connectivity index (χ1v) is 6.14. The first kappa shape index (κ1) is 14.1. The lowest BCUT2D eigenvalue weighted by molar-refractivity contribution is 0.930. The second-order valence-electron chi connectivity index (χ2n) is 3.82. The zero-order chi connectivity index (χ0) is 11.2. The summed E-state index contributed by atoms with van der Waals surface area (Å²) >= 11 is 5.75. The van der Waals surface area contributed by atoms with Crippen LogP contribution < -0.4 is 0 Å². The Morgan fingerprint density at radius 2 is 1.47 bits per heavy atom. The highest BCUT2D eigenvalue weighted by Gasteiger charge is 2.02. The summed E-state index contributed by atoms with van der Waals surface area (Å²) in [5.41, 5.74) is 4.00. The van der Waals surface area contributed by atoms with Crippen LogP contribution in [-0.2, 0) is 6.42 Å². The van der Waals surface area contributed by atoms with Gasteiger partial charge in [-0.3, -0.25) is 0 Å². The van der Waals surface area contributed by atoms with Gasteiger partial charge in [0.1, 0.15) is 0 Å². The molecule has 2 heteroatoms. The standard InChI is InChI=1S/C15H15Cl.H2S/c16-12-6-10-14-9-4-5-11-15(14)13-7-2-1-3-8-13;/h1-5,7-9,11H,6,10,12H2;1H2. The molecular weight excluding hydrogens is 248 g/mol. The van der Waals surface area contributed by atoms with E-state index in [1.54, 1.807) is 0 Å².